The number of hydrogen-bond acceptors (Lipinski definition) is 1. The second-order valence-electron chi connectivity index (χ2n) is 7.59. The van der Waals surface area contributed by atoms with Crippen LogP contribution < -0.4 is 5.32 Å². The molecule has 0 saturated heterocycles. The van der Waals surface area contributed by atoms with Crippen LogP contribution in [0.1, 0.15) is 51.7 Å². The summed E-state index contributed by atoms with van der Waals surface area (Å²) in [5.41, 5.74) is 3.16. The van der Waals surface area contributed by atoms with E-state index in [4.69, 9.17) is 11.6 Å². The van der Waals surface area contributed by atoms with Gasteiger partial charge in [-0.1, -0.05) is 70.5 Å². The minimum absolute atomic E-state index is 0.0100. The van der Waals surface area contributed by atoms with Gasteiger partial charge in [0.1, 0.15) is 0 Å². The summed E-state index contributed by atoms with van der Waals surface area (Å²) in [6.45, 7) is 10.6. The van der Waals surface area contributed by atoms with Crippen LogP contribution in [0.3, 0.4) is 0 Å². The smallest absolute Gasteiger partial charge is 0.232 e. The number of amides is 1. The first-order chi connectivity index (χ1) is 11.2. The van der Waals surface area contributed by atoms with Gasteiger partial charge in [-0.05, 0) is 46.7 Å². The molecule has 0 unspecified atom stereocenters. The zero-order valence-electron chi connectivity index (χ0n) is 15.1. The van der Waals surface area contributed by atoms with Gasteiger partial charge in [0.05, 0.1) is 5.92 Å². The van der Waals surface area contributed by atoms with Crippen LogP contribution in [0.5, 0.6) is 0 Å². The van der Waals surface area contributed by atoms with Gasteiger partial charge in [0, 0.05) is 10.7 Å². The third kappa shape index (κ3) is 4.61. The van der Waals surface area contributed by atoms with Crippen LogP contribution >= 0.6 is 11.6 Å². The topological polar surface area (TPSA) is 29.1 Å². The van der Waals surface area contributed by atoms with Crippen LogP contribution in [-0.4, -0.2) is 5.91 Å². The Labute approximate surface area is 150 Å². The highest BCUT2D eigenvalue weighted by Gasteiger charge is 2.24. The van der Waals surface area contributed by atoms with Crippen molar-refractivity contribution >= 4 is 23.2 Å². The van der Waals surface area contributed by atoms with Crippen LogP contribution in [0.2, 0.25) is 5.02 Å². The van der Waals surface area contributed by atoms with E-state index < -0.39 is 0 Å². The Kier molecular flexibility index (Phi) is 5.71. The molecular weight excluding hydrogens is 318 g/mol. The number of nitrogens with one attached hydrogen (secondary N) is 1. The van der Waals surface area contributed by atoms with E-state index >= 15 is 0 Å². The molecule has 2 aromatic carbocycles. The van der Waals surface area contributed by atoms with Gasteiger partial charge in [-0.3, -0.25) is 4.79 Å². The molecule has 2 rings (SSSR count). The maximum atomic E-state index is 12.8. The van der Waals surface area contributed by atoms with Crippen LogP contribution in [0.4, 0.5) is 5.69 Å². The normalized spacial score (nSPS) is 13.0. The summed E-state index contributed by atoms with van der Waals surface area (Å²) in [6, 6.07) is 15.6. The Bertz CT molecular complexity index is 681. The standard InChI is InChI=1S/C21H26ClNO/c1-14(2)19(15-6-10-17(22)11-7-15)20(24)23-18-12-8-16(9-13-18)21(3,4)5/h6-14,19H,1-5H3,(H,23,24)/t19-/m1/s1. The lowest BCUT2D eigenvalue weighted by Crippen LogP contribution is -2.25. The van der Waals surface area contributed by atoms with E-state index in [9.17, 15) is 4.79 Å². The van der Waals surface area contributed by atoms with Gasteiger partial charge in [-0.2, -0.15) is 0 Å². The first kappa shape index (κ1) is 18.5. The maximum absolute atomic E-state index is 12.8. The first-order valence-electron chi connectivity index (χ1n) is 8.35. The van der Waals surface area contributed by atoms with Crippen molar-refractivity contribution in [3.05, 3.63) is 64.7 Å². The van der Waals surface area contributed by atoms with E-state index in [1.54, 1.807) is 0 Å². The summed E-state index contributed by atoms with van der Waals surface area (Å²) in [5, 5.41) is 3.72. The van der Waals surface area contributed by atoms with Crippen molar-refractivity contribution in [2.45, 2.75) is 46.0 Å². The molecule has 0 aliphatic rings. The van der Waals surface area contributed by atoms with Crippen molar-refractivity contribution in [2.75, 3.05) is 5.32 Å². The zero-order valence-corrected chi connectivity index (χ0v) is 15.8. The van der Waals surface area contributed by atoms with Gasteiger partial charge in [0.25, 0.3) is 0 Å². The summed E-state index contributed by atoms with van der Waals surface area (Å²) in [5.74, 6) is 0.000384. The predicted molar refractivity (Wildman–Crippen MR) is 103 cm³/mol. The second kappa shape index (κ2) is 7.40. The minimum Gasteiger partial charge on any atom is -0.326 e. The van der Waals surface area contributed by atoms with Gasteiger partial charge in [-0.15, -0.1) is 0 Å². The Morgan fingerprint density at radius 2 is 1.50 bits per heavy atom. The Morgan fingerprint density at radius 3 is 1.96 bits per heavy atom. The van der Waals surface area contributed by atoms with E-state index in [0.29, 0.717) is 5.02 Å². The van der Waals surface area contributed by atoms with Gasteiger partial charge < -0.3 is 5.32 Å². The third-order valence-electron chi connectivity index (χ3n) is 4.20. The highest BCUT2D eigenvalue weighted by atomic mass is 35.5. The van der Waals surface area contributed by atoms with Crippen molar-refractivity contribution in [3.8, 4) is 0 Å². The molecule has 1 N–H and O–H groups in total. The molecule has 0 aromatic heterocycles. The third-order valence-corrected chi connectivity index (χ3v) is 4.45. The van der Waals surface area contributed by atoms with Crippen LogP contribution in [0.15, 0.2) is 48.5 Å². The molecule has 0 spiro atoms. The quantitative estimate of drug-likeness (QED) is 0.723. The molecule has 0 aliphatic carbocycles. The lowest BCUT2D eigenvalue weighted by Gasteiger charge is -2.22. The number of halogens is 1. The molecule has 0 aliphatic heterocycles. The minimum atomic E-state index is -0.204. The molecule has 24 heavy (non-hydrogen) atoms. The molecular formula is C21H26ClNO. The van der Waals surface area contributed by atoms with Crippen molar-refractivity contribution in [1.29, 1.82) is 0 Å². The van der Waals surface area contributed by atoms with Crippen molar-refractivity contribution in [3.63, 3.8) is 0 Å². The monoisotopic (exact) mass is 343 g/mol. The number of hydrogen-bond donors (Lipinski definition) is 1. The molecule has 0 radical (unpaired) electrons. The summed E-state index contributed by atoms with van der Waals surface area (Å²) in [6.07, 6.45) is 0. The first-order valence-corrected chi connectivity index (χ1v) is 8.73. The lowest BCUT2D eigenvalue weighted by atomic mass is 9.86. The van der Waals surface area contributed by atoms with Gasteiger partial charge >= 0.3 is 0 Å². The van der Waals surface area contributed by atoms with Gasteiger partial charge in [0.15, 0.2) is 0 Å². The van der Waals surface area contributed by atoms with Crippen LogP contribution in [0.25, 0.3) is 0 Å². The van der Waals surface area contributed by atoms with E-state index in [2.05, 4.69) is 52.1 Å². The largest absolute Gasteiger partial charge is 0.326 e. The summed E-state index contributed by atoms with van der Waals surface area (Å²) in [7, 11) is 0. The molecule has 0 fully saturated rings. The maximum Gasteiger partial charge on any atom is 0.232 e. The Balaban J connectivity index is 2.18. The van der Waals surface area contributed by atoms with E-state index in [0.717, 1.165) is 11.3 Å². The van der Waals surface area contributed by atoms with Gasteiger partial charge in [0.2, 0.25) is 5.91 Å². The zero-order chi connectivity index (χ0) is 17.9. The molecule has 1 atom stereocenters. The molecule has 0 heterocycles. The van der Waals surface area contributed by atoms with E-state index in [-0.39, 0.29) is 23.2 Å². The summed E-state index contributed by atoms with van der Waals surface area (Å²) < 4.78 is 0. The average molecular weight is 344 g/mol. The number of benzene rings is 2. The molecule has 2 nitrogen and oxygen atoms in total. The van der Waals surface area contributed by atoms with E-state index in [1.807, 2.05) is 36.4 Å². The van der Waals surface area contributed by atoms with Crippen LogP contribution in [0, 0.1) is 5.92 Å². The summed E-state index contributed by atoms with van der Waals surface area (Å²) in [4.78, 5) is 12.8. The second-order valence-corrected chi connectivity index (χ2v) is 8.03. The number of carbonyl (C=O) groups is 1. The Hall–Kier alpha value is -1.80. The Morgan fingerprint density at radius 1 is 0.958 bits per heavy atom. The highest BCUT2D eigenvalue weighted by molar-refractivity contribution is 6.30. The summed E-state index contributed by atoms with van der Waals surface area (Å²) >= 11 is 5.96. The fraction of sp³-hybridized carbons (Fsp3) is 0.381. The average Bonchev–Trinajstić information content (AvgIpc) is 2.49. The predicted octanol–water partition coefficient (Wildman–Crippen LogP) is 6.02. The highest BCUT2D eigenvalue weighted by Crippen LogP contribution is 2.28. The van der Waals surface area contributed by atoms with Crippen molar-refractivity contribution in [2.24, 2.45) is 5.92 Å². The molecule has 1 amide bonds. The van der Waals surface area contributed by atoms with Crippen molar-refractivity contribution < 1.29 is 4.79 Å². The fourth-order valence-corrected chi connectivity index (χ4v) is 2.91. The molecule has 128 valence electrons. The van der Waals surface area contributed by atoms with E-state index in [1.165, 1.54) is 5.56 Å². The number of rotatable bonds is 4. The van der Waals surface area contributed by atoms with Crippen LogP contribution in [-0.2, 0) is 10.2 Å². The molecule has 0 saturated carbocycles. The van der Waals surface area contributed by atoms with Gasteiger partial charge in [-0.25, -0.2) is 0 Å². The molecule has 2 aromatic rings. The number of carbonyl (C=O) groups excluding carboxylic acids is 1. The SMILES string of the molecule is CC(C)[C@@H](C(=O)Nc1ccc(C(C)(C)C)cc1)c1ccc(Cl)cc1. The fourth-order valence-electron chi connectivity index (χ4n) is 2.78. The number of anilines is 1. The van der Waals surface area contributed by atoms with Crippen molar-refractivity contribution in [1.82, 2.24) is 0 Å². The molecule has 3 heteroatoms. The lowest BCUT2D eigenvalue weighted by molar-refractivity contribution is -0.118. The molecule has 0 bridgehead atoms.